The van der Waals surface area contributed by atoms with E-state index in [1.807, 2.05) is 0 Å². The molecule has 25 heavy (non-hydrogen) atoms. The molecule has 2 aromatic carbocycles. The van der Waals surface area contributed by atoms with Gasteiger partial charge in [0.05, 0.1) is 11.1 Å². The van der Waals surface area contributed by atoms with Crippen molar-refractivity contribution in [2.75, 3.05) is 0 Å². The van der Waals surface area contributed by atoms with E-state index in [2.05, 4.69) is 10.2 Å². The zero-order valence-electron chi connectivity index (χ0n) is 12.9. The quantitative estimate of drug-likeness (QED) is 0.695. The Morgan fingerprint density at radius 3 is 2.32 bits per heavy atom. The van der Waals surface area contributed by atoms with Gasteiger partial charge in [-0.05, 0) is 12.1 Å². The molecule has 0 atom stereocenters. The van der Waals surface area contributed by atoms with Crippen molar-refractivity contribution >= 4 is 22.5 Å². The normalized spacial score (nSPS) is 11.6. The summed E-state index contributed by atoms with van der Waals surface area (Å²) < 4.78 is 38.9. The SMILES string of the molecule is O=C(CCC(=O)c1n[nH]c2ccccc12)c1ccccc1C(F)(F)F. The second-order valence-corrected chi connectivity index (χ2v) is 5.51. The number of carbonyl (C=O) groups is 2. The summed E-state index contributed by atoms with van der Waals surface area (Å²) >= 11 is 0. The largest absolute Gasteiger partial charge is 0.417 e. The third-order valence-corrected chi connectivity index (χ3v) is 3.85. The van der Waals surface area contributed by atoms with Crippen molar-refractivity contribution in [3.05, 3.63) is 65.4 Å². The molecule has 128 valence electrons. The highest BCUT2D eigenvalue weighted by Gasteiger charge is 2.34. The summed E-state index contributed by atoms with van der Waals surface area (Å²) in [7, 11) is 0. The number of aromatic amines is 1. The number of carbonyl (C=O) groups excluding carboxylic acids is 2. The van der Waals surface area contributed by atoms with Crippen molar-refractivity contribution < 1.29 is 22.8 Å². The van der Waals surface area contributed by atoms with E-state index in [0.717, 1.165) is 12.1 Å². The molecule has 0 unspecified atom stereocenters. The molecule has 0 aliphatic carbocycles. The molecule has 0 saturated carbocycles. The van der Waals surface area contributed by atoms with E-state index in [0.29, 0.717) is 10.9 Å². The lowest BCUT2D eigenvalue weighted by atomic mass is 9.98. The topological polar surface area (TPSA) is 62.8 Å². The molecule has 1 aromatic heterocycles. The minimum atomic E-state index is -4.62. The molecule has 0 fully saturated rings. The standard InChI is InChI=1S/C18H13F3N2O2/c19-18(20,21)13-7-3-1-5-11(13)15(24)9-10-16(25)17-12-6-2-4-8-14(12)22-23-17/h1-8H,9-10H2,(H,22,23). The van der Waals surface area contributed by atoms with E-state index in [1.54, 1.807) is 24.3 Å². The van der Waals surface area contributed by atoms with Gasteiger partial charge in [0.1, 0.15) is 5.69 Å². The Morgan fingerprint density at radius 1 is 0.920 bits per heavy atom. The van der Waals surface area contributed by atoms with Gasteiger partial charge in [0, 0.05) is 23.8 Å². The maximum absolute atomic E-state index is 13.0. The maximum Gasteiger partial charge on any atom is 0.417 e. The van der Waals surface area contributed by atoms with Crippen LogP contribution in [0.2, 0.25) is 0 Å². The Labute approximate surface area is 140 Å². The molecule has 0 aliphatic rings. The zero-order chi connectivity index (χ0) is 18.0. The van der Waals surface area contributed by atoms with Crippen LogP contribution in [-0.4, -0.2) is 21.8 Å². The minimum Gasteiger partial charge on any atom is -0.294 e. The molecule has 3 aromatic rings. The average Bonchev–Trinajstić information content (AvgIpc) is 3.03. The molecule has 0 radical (unpaired) electrons. The lowest BCUT2D eigenvalue weighted by molar-refractivity contribution is -0.137. The van der Waals surface area contributed by atoms with Crippen molar-refractivity contribution in [3.63, 3.8) is 0 Å². The molecule has 0 bridgehead atoms. The fourth-order valence-electron chi connectivity index (χ4n) is 2.63. The molecule has 1 N–H and O–H groups in total. The number of nitrogens with zero attached hydrogens (tertiary/aromatic N) is 1. The van der Waals surface area contributed by atoms with Crippen molar-refractivity contribution in [1.82, 2.24) is 10.2 Å². The van der Waals surface area contributed by atoms with Crippen molar-refractivity contribution in [1.29, 1.82) is 0 Å². The number of hydrogen-bond acceptors (Lipinski definition) is 3. The third kappa shape index (κ3) is 3.45. The molecule has 0 amide bonds. The molecule has 7 heteroatoms. The number of benzene rings is 2. The van der Waals surface area contributed by atoms with Crippen molar-refractivity contribution in [2.45, 2.75) is 19.0 Å². The number of Topliss-reactive ketones (excluding diaryl/α,β-unsaturated/α-hetero) is 2. The second-order valence-electron chi connectivity index (χ2n) is 5.51. The predicted octanol–water partition coefficient (Wildman–Crippen LogP) is 4.43. The molecule has 0 spiro atoms. The fourth-order valence-corrected chi connectivity index (χ4v) is 2.63. The Hall–Kier alpha value is -2.96. The number of H-pyrrole nitrogens is 1. The summed E-state index contributed by atoms with van der Waals surface area (Å²) in [5, 5.41) is 7.27. The first-order valence-electron chi connectivity index (χ1n) is 7.53. The number of nitrogens with one attached hydrogen (secondary N) is 1. The monoisotopic (exact) mass is 346 g/mol. The molecule has 0 saturated heterocycles. The number of aromatic nitrogens is 2. The van der Waals surface area contributed by atoms with Gasteiger partial charge in [0.25, 0.3) is 0 Å². The maximum atomic E-state index is 13.0. The first-order valence-corrected chi connectivity index (χ1v) is 7.53. The number of alkyl halides is 3. The van der Waals surface area contributed by atoms with Gasteiger partial charge in [0.2, 0.25) is 0 Å². The van der Waals surface area contributed by atoms with Crippen LogP contribution in [0.1, 0.15) is 39.3 Å². The van der Waals surface area contributed by atoms with Crippen LogP contribution < -0.4 is 0 Å². The first-order chi connectivity index (χ1) is 11.9. The van der Waals surface area contributed by atoms with Gasteiger partial charge in [-0.3, -0.25) is 14.7 Å². The van der Waals surface area contributed by atoms with Gasteiger partial charge in [-0.25, -0.2) is 0 Å². The summed E-state index contributed by atoms with van der Waals surface area (Å²) in [5.41, 5.74) is -0.542. The van der Waals surface area contributed by atoms with Crippen LogP contribution in [0.25, 0.3) is 10.9 Å². The summed E-state index contributed by atoms with van der Waals surface area (Å²) in [5.74, 6) is -1.11. The van der Waals surface area contributed by atoms with Crippen LogP contribution in [0.4, 0.5) is 13.2 Å². The summed E-state index contributed by atoms with van der Waals surface area (Å²) in [6.07, 6.45) is -5.14. The van der Waals surface area contributed by atoms with Crippen LogP contribution >= 0.6 is 0 Å². The van der Waals surface area contributed by atoms with E-state index in [1.165, 1.54) is 12.1 Å². The van der Waals surface area contributed by atoms with E-state index < -0.39 is 28.9 Å². The number of fused-ring (bicyclic) bond motifs is 1. The molecule has 3 rings (SSSR count). The fraction of sp³-hybridized carbons (Fsp3) is 0.167. The van der Waals surface area contributed by atoms with Gasteiger partial charge >= 0.3 is 6.18 Å². The van der Waals surface area contributed by atoms with E-state index in [-0.39, 0.29) is 18.5 Å². The molecule has 0 aliphatic heterocycles. The number of para-hydroxylation sites is 1. The lowest BCUT2D eigenvalue weighted by Gasteiger charge is -2.11. The van der Waals surface area contributed by atoms with E-state index >= 15 is 0 Å². The van der Waals surface area contributed by atoms with Gasteiger partial charge < -0.3 is 0 Å². The smallest absolute Gasteiger partial charge is 0.294 e. The summed E-state index contributed by atoms with van der Waals surface area (Å²) in [6, 6.07) is 11.6. The Balaban J connectivity index is 1.76. The van der Waals surface area contributed by atoms with Gasteiger partial charge in [-0.2, -0.15) is 18.3 Å². The summed E-state index contributed by atoms with van der Waals surface area (Å²) in [6.45, 7) is 0. The number of rotatable bonds is 5. The Morgan fingerprint density at radius 2 is 1.56 bits per heavy atom. The van der Waals surface area contributed by atoms with Crippen LogP contribution in [0.15, 0.2) is 48.5 Å². The van der Waals surface area contributed by atoms with Gasteiger partial charge in [-0.1, -0.05) is 36.4 Å². The molecule has 1 heterocycles. The Kier molecular flexibility index (Phi) is 4.39. The zero-order valence-corrected chi connectivity index (χ0v) is 12.9. The molecule has 4 nitrogen and oxygen atoms in total. The van der Waals surface area contributed by atoms with Crippen LogP contribution in [0.3, 0.4) is 0 Å². The second kappa shape index (κ2) is 6.51. The highest BCUT2D eigenvalue weighted by molar-refractivity contribution is 6.08. The van der Waals surface area contributed by atoms with Crippen LogP contribution in [-0.2, 0) is 6.18 Å². The highest BCUT2D eigenvalue weighted by atomic mass is 19.4. The lowest BCUT2D eigenvalue weighted by Crippen LogP contribution is -2.14. The first kappa shape index (κ1) is 16.9. The predicted molar refractivity (Wildman–Crippen MR) is 85.4 cm³/mol. The van der Waals surface area contributed by atoms with Crippen molar-refractivity contribution in [2.24, 2.45) is 0 Å². The third-order valence-electron chi connectivity index (χ3n) is 3.85. The Bertz CT molecular complexity index is 945. The average molecular weight is 346 g/mol. The van der Waals surface area contributed by atoms with Crippen LogP contribution in [0.5, 0.6) is 0 Å². The molecular formula is C18H13F3N2O2. The number of halogens is 3. The van der Waals surface area contributed by atoms with Crippen LogP contribution in [0, 0.1) is 0 Å². The summed E-state index contributed by atoms with van der Waals surface area (Å²) in [4.78, 5) is 24.4. The van der Waals surface area contributed by atoms with E-state index in [4.69, 9.17) is 0 Å². The molecular weight excluding hydrogens is 333 g/mol. The van der Waals surface area contributed by atoms with E-state index in [9.17, 15) is 22.8 Å². The van der Waals surface area contributed by atoms with Crippen molar-refractivity contribution in [3.8, 4) is 0 Å². The number of ketones is 2. The highest BCUT2D eigenvalue weighted by Crippen LogP contribution is 2.32. The van der Waals surface area contributed by atoms with Gasteiger partial charge in [-0.15, -0.1) is 0 Å². The minimum absolute atomic E-state index is 0.188. The number of hydrogen-bond donors (Lipinski definition) is 1. The van der Waals surface area contributed by atoms with Gasteiger partial charge in [0.15, 0.2) is 11.6 Å².